The molecule has 0 radical (unpaired) electrons. The van der Waals surface area contributed by atoms with E-state index in [1.165, 1.54) is 6.33 Å². The molecule has 0 unspecified atom stereocenters. The number of hydrogen-bond donors (Lipinski definition) is 1. The van der Waals surface area contributed by atoms with Crippen molar-refractivity contribution in [3.05, 3.63) is 18.1 Å². The van der Waals surface area contributed by atoms with Gasteiger partial charge in [-0.3, -0.25) is 4.79 Å². The zero-order valence-electron chi connectivity index (χ0n) is 11.9. The van der Waals surface area contributed by atoms with Gasteiger partial charge < -0.3 is 10.0 Å². The van der Waals surface area contributed by atoms with E-state index < -0.39 is 5.97 Å². The van der Waals surface area contributed by atoms with Gasteiger partial charge in [-0.05, 0) is 27.2 Å². The number of carboxylic acids is 1. The molecule has 2 aromatic rings. The Labute approximate surface area is 117 Å². The minimum Gasteiger partial charge on any atom is -0.481 e. The minimum absolute atomic E-state index is 0.161. The van der Waals surface area contributed by atoms with Gasteiger partial charge >= 0.3 is 5.97 Å². The van der Waals surface area contributed by atoms with E-state index in [0.717, 1.165) is 11.5 Å². The van der Waals surface area contributed by atoms with Crippen molar-refractivity contribution in [3.8, 4) is 0 Å². The first-order chi connectivity index (χ1) is 9.49. The number of nitrogens with zero attached hydrogens (tertiary/aromatic N) is 5. The Bertz CT molecular complexity index is 608. The molecule has 7 heteroatoms. The highest BCUT2D eigenvalue weighted by molar-refractivity contribution is 5.66. The smallest absolute Gasteiger partial charge is 0.303 e. The number of aryl methyl sites for hydroxylation is 1. The van der Waals surface area contributed by atoms with Crippen molar-refractivity contribution >= 4 is 17.6 Å². The normalized spacial score (nSPS) is 11.2. The summed E-state index contributed by atoms with van der Waals surface area (Å²) in [6, 6.07) is 2.18. The standard InChI is InChI=1S/C13H19N5O2/c1-9(2)17(6-4-5-12(19)20)11-7-10(3)16-13-14-8-15-18(11)13/h7-9H,4-6H2,1-3H3,(H,19,20). The van der Waals surface area contributed by atoms with Crippen molar-refractivity contribution < 1.29 is 9.90 Å². The van der Waals surface area contributed by atoms with Crippen LogP contribution >= 0.6 is 0 Å². The Morgan fingerprint density at radius 3 is 2.90 bits per heavy atom. The molecule has 7 nitrogen and oxygen atoms in total. The molecule has 2 rings (SSSR count). The van der Waals surface area contributed by atoms with Gasteiger partial charge in [-0.25, -0.2) is 4.98 Å². The number of hydrogen-bond acceptors (Lipinski definition) is 5. The fourth-order valence-electron chi connectivity index (χ4n) is 2.15. The van der Waals surface area contributed by atoms with Crippen molar-refractivity contribution in [3.63, 3.8) is 0 Å². The van der Waals surface area contributed by atoms with E-state index in [9.17, 15) is 4.79 Å². The lowest BCUT2D eigenvalue weighted by Crippen LogP contribution is -2.34. The van der Waals surface area contributed by atoms with Crippen molar-refractivity contribution in [1.29, 1.82) is 0 Å². The lowest BCUT2D eigenvalue weighted by Gasteiger charge is -2.28. The number of aliphatic carboxylic acids is 1. The third-order valence-electron chi connectivity index (χ3n) is 3.07. The van der Waals surface area contributed by atoms with Gasteiger partial charge in [0, 0.05) is 30.8 Å². The van der Waals surface area contributed by atoms with Crippen molar-refractivity contribution in [1.82, 2.24) is 19.6 Å². The summed E-state index contributed by atoms with van der Waals surface area (Å²) in [5.41, 5.74) is 0.865. The van der Waals surface area contributed by atoms with Crippen LogP contribution in [-0.4, -0.2) is 43.2 Å². The molecule has 0 aliphatic heterocycles. The Morgan fingerprint density at radius 2 is 2.25 bits per heavy atom. The van der Waals surface area contributed by atoms with Gasteiger partial charge in [0.15, 0.2) is 0 Å². The molecule has 2 aromatic heterocycles. The molecule has 0 bridgehead atoms. The molecule has 20 heavy (non-hydrogen) atoms. The average Bonchev–Trinajstić information content (AvgIpc) is 2.81. The Balaban J connectivity index is 2.31. The summed E-state index contributed by atoms with van der Waals surface area (Å²) in [5, 5.41) is 13.0. The molecular formula is C13H19N5O2. The molecular weight excluding hydrogens is 258 g/mol. The SMILES string of the molecule is Cc1cc(N(CCCC(=O)O)C(C)C)n2ncnc2n1. The highest BCUT2D eigenvalue weighted by atomic mass is 16.4. The van der Waals surface area contributed by atoms with E-state index in [-0.39, 0.29) is 12.5 Å². The first-order valence-corrected chi connectivity index (χ1v) is 6.65. The van der Waals surface area contributed by atoms with E-state index in [1.54, 1.807) is 4.52 Å². The van der Waals surface area contributed by atoms with E-state index >= 15 is 0 Å². The van der Waals surface area contributed by atoms with Gasteiger partial charge in [-0.15, -0.1) is 0 Å². The number of carbonyl (C=O) groups is 1. The number of rotatable bonds is 6. The van der Waals surface area contributed by atoms with Gasteiger partial charge in [-0.1, -0.05) is 0 Å². The second-order valence-electron chi connectivity index (χ2n) is 5.01. The molecule has 0 aromatic carbocycles. The molecule has 0 fully saturated rings. The summed E-state index contributed by atoms with van der Waals surface area (Å²) in [6.07, 6.45) is 2.22. The van der Waals surface area contributed by atoms with Crippen LogP contribution in [0.4, 0.5) is 5.82 Å². The van der Waals surface area contributed by atoms with Crippen LogP contribution in [0.2, 0.25) is 0 Å². The van der Waals surface area contributed by atoms with Crippen LogP contribution in [0.1, 0.15) is 32.4 Å². The molecule has 2 heterocycles. The Kier molecular flexibility index (Phi) is 4.16. The minimum atomic E-state index is -0.773. The fourth-order valence-corrected chi connectivity index (χ4v) is 2.15. The summed E-state index contributed by atoms with van der Waals surface area (Å²) in [4.78, 5) is 21.2. The quantitative estimate of drug-likeness (QED) is 0.861. The topological polar surface area (TPSA) is 83.6 Å². The number of fused-ring (bicyclic) bond motifs is 1. The van der Waals surface area contributed by atoms with Crippen molar-refractivity contribution in [2.45, 2.75) is 39.7 Å². The number of anilines is 1. The molecule has 0 spiro atoms. The van der Waals surface area contributed by atoms with Gasteiger partial charge in [-0.2, -0.15) is 14.6 Å². The summed E-state index contributed by atoms with van der Waals surface area (Å²) < 4.78 is 1.69. The van der Waals surface area contributed by atoms with E-state index in [2.05, 4.69) is 33.8 Å². The van der Waals surface area contributed by atoms with Gasteiger partial charge in [0.1, 0.15) is 12.1 Å². The van der Waals surface area contributed by atoms with Crippen LogP contribution in [-0.2, 0) is 4.79 Å². The third kappa shape index (κ3) is 3.04. The second kappa shape index (κ2) is 5.85. The Hall–Kier alpha value is -2.18. The summed E-state index contributed by atoms with van der Waals surface area (Å²) in [6.45, 7) is 6.70. The van der Waals surface area contributed by atoms with Crippen LogP contribution in [0, 0.1) is 6.92 Å². The van der Waals surface area contributed by atoms with E-state index in [1.807, 2.05) is 13.0 Å². The predicted molar refractivity (Wildman–Crippen MR) is 74.9 cm³/mol. The monoisotopic (exact) mass is 277 g/mol. The molecule has 0 aliphatic rings. The Morgan fingerprint density at radius 1 is 1.50 bits per heavy atom. The van der Waals surface area contributed by atoms with Gasteiger partial charge in [0.05, 0.1) is 0 Å². The number of carboxylic acid groups (broad SMARTS) is 1. The first kappa shape index (κ1) is 14.2. The van der Waals surface area contributed by atoms with Crippen LogP contribution in [0.25, 0.3) is 5.78 Å². The predicted octanol–water partition coefficient (Wildman–Crippen LogP) is 1.51. The first-order valence-electron chi connectivity index (χ1n) is 6.65. The van der Waals surface area contributed by atoms with Crippen molar-refractivity contribution in [2.24, 2.45) is 0 Å². The van der Waals surface area contributed by atoms with Crippen molar-refractivity contribution in [2.75, 3.05) is 11.4 Å². The van der Waals surface area contributed by atoms with Crippen LogP contribution < -0.4 is 4.90 Å². The van der Waals surface area contributed by atoms with Crippen LogP contribution in [0.5, 0.6) is 0 Å². The lowest BCUT2D eigenvalue weighted by atomic mass is 10.2. The largest absolute Gasteiger partial charge is 0.481 e. The summed E-state index contributed by atoms with van der Waals surface area (Å²) in [7, 11) is 0. The third-order valence-corrected chi connectivity index (χ3v) is 3.07. The van der Waals surface area contributed by atoms with Crippen LogP contribution in [0.3, 0.4) is 0 Å². The van der Waals surface area contributed by atoms with E-state index in [4.69, 9.17) is 5.11 Å². The molecule has 108 valence electrons. The zero-order valence-corrected chi connectivity index (χ0v) is 11.9. The number of aromatic nitrogens is 4. The molecule has 0 amide bonds. The van der Waals surface area contributed by atoms with Gasteiger partial charge in [0.2, 0.25) is 0 Å². The maximum absolute atomic E-state index is 10.7. The van der Waals surface area contributed by atoms with Crippen LogP contribution in [0.15, 0.2) is 12.4 Å². The second-order valence-corrected chi connectivity index (χ2v) is 5.01. The maximum Gasteiger partial charge on any atom is 0.303 e. The summed E-state index contributed by atoms with van der Waals surface area (Å²) >= 11 is 0. The van der Waals surface area contributed by atoms with E-state index in [0.29, 0.717) is 18.7 Å². The fraction of sp³-hybridized carbons (Fsp3) is 0.538. The lowest BCUT2D eigenvalue weighted by molar-refractivity contribution is -0.137. The maximum atomic E-state index is 10.7. The average molecular weight is 277 g/mol. The molecule has 0 aliphatic carbocycles. The molecule has 1 N–H and O–H groups in total. The zero-order chi connectivity index (χ0) is 14.7. The molecule has 0 saturated heterocycles. The molecule has 0 saturated carbocycles. The highest BCUT2D eigenvalue weighted by Crippen LogP contribution is 2.19. The molecule has 0 atom stereocenters. The van der Waals surface area contributed by atoms with Gasteiger partial charge in [0.25, 0.3) is 5.78 Å². The summed E-state index contributed by atoms with van der Waals surface area (Å²) in [5.74, 6) is 0.680. The highest BCUT2D eigenvalue weighted by Gasteiger charge is 2.16.